The van der Waals surface area contributed by atoms with Crippen LogP contribution in [-0.4, -0.2) is 37.6 Å². The van der Waals surface area contributed by atoms with E-state index in [-0.39, 0.29) is 0 Å². The molecule has 2 saturated heterocycles. The van der Waals surface area contributed by atoms with Crippen LogP contribution in [0.4, 0.5) is 0 Å². The van der Waals surface area contributed by atoms with E-state index in [9.17, 15) is 0 Å². The molecule has 76 valence electrons. The molecule has 2 heterocycles. The highest BCUT2D eigenvalue weighted by Crippen LogP contribution is 2.33. The first kappa shape index (κ1) is 9.47. The molecule has 0 amide bonds. The van der Waals surface area contributed by atoms with Crippen molar-refractivity contribution in [3.63, 3.8) is 0 Å². The molecule has 2 aliphatic heterocycles. The number of likely N-dealkylation sites (tertiary alicyclic amines) is 1. The van der Waals surface area contributed by atoms with Gasteiger partial charge in [0.15, 0.2) is 0 Å². The lowest BCUT2D eigenvalue weighted by molar-refractivity contribution is -0.0400. The number of hydrogen-bond acceptors (Lipinski definition) is 2. The first-order valence-electron chi connectivity index (χ1n) is 5.63. The molecule has 0 saturated carbocycles. The number of nitrogens with one attached hydrogen (secondary N) is 1. The van der Waals surface area contributed by atoms with E-state index in [1.807, 2.05) is 0 Å². The molecule has 0 aromatic heterocycles. The van der Waals surface area contributed by atoms with E-state index in [2.05, 4.69) is 24.1 Å². The zero-order valence-electron chi connectivity index (χ0n) is 8.97. The maximum atomic E-state index is 3.37. The summed E-state index contributed by atoms with van der Waals surface area (Å²) < 4.78 is 0. The minimum atomic E-state index is 0.720. The fourth-order valence-corrected chi connectivity index (χ4v) is 2.49. The van der Waals surface area contributed by atoms with Gasteiger partial charge in [0.1, 0.15) is 0 Å². The summed E-state index contributed by atoms with van der Waals surface area (Å²) in [6, 6.07) is 0. The molecule has 0 aromatic carbocycles. The molecular formula is C11H22N2. The number of rotatable bonds is 4. The van der Waals surface area contributed by atoms with Crippen molar-refractivity contribution in [2.45, 2.75) is 26.7 Å². The first-order valence-corrected chi connectivity index (χ1v) is 5.63. The van der Waals surface area contributed by atoms with Crippen molar-refractivity contribution < 1.29 is 0 Å². The van der Waals surface area contributed by atoms with E-state index in [4.69, 9.17) is 0 Å². The van der Waals surface area contributed by atoms with Crippen LogP contribution < -0.4 is 5.32 Å². The van der Waals surface area contributed by atoms with Gasteiger partial charge in [-0.15, -0.1) is 0 Å². The van der Waals surface area contributed by atoms with Crippen LogP contribution in [0.2, 0.25) is 0 Å². The molecule has 0 radical (unpaired) electrons. The Morgan fingerprint density at radius 1 is 1.31 bits per heavy atom. The average molecular weight is 182 g/mol. The summed E-state index contributed by atoms with van der Waals surface area (Å²) >= 11 is 0. The molecule has 0 aliphatic carbocycles. The number of hydrogen-bond donors (Lipinski definition) is 1. The fraction of sp³-hybridized carbons (Fsp3) is 1.00. The first-order chi connectivity index (χ1) is 6.20. The third kappa shape index (κ3) is 2.05. The second-order valence-electron chi connectivity index (χ2n) is 5.35. The van der Waals surface area contributed by atoms with Crippen LogP contribution in [0.5, 0.6) is 0 Å². The molecule has 2 nitrogen and oxygen atoms in total. The summed E-state index contributed by atoms with van der Waals surface area (Å²) in [5.41, 5.74) is 0.720. The summed E-state index contributed by atoms with van der Waals surface area (Å²) in [6.07, 6.45) is 2.78. The lowest BCUT2D eigenvalue weighted by Gasteiger charge is -2.56. The van der Waals surface area contributed by atoms with Crippen LogP contribution in [0, 0.1) is 11.3 Å². The Labute approximate surface area is 81.7 Å². The summed E-state index contributed by atoms with van der Waals surface area (Å²) in [4.78, 5) is 2.61. The Hall–Kier alpha value is -0.0800. The molecule has 1 spiro atoms. The summed E-state index contributed by atoms with van der Waals surface area (Å²) in [6.45, 7) is 11.2. The van der Waals surface area contributed by atoms with Gasteiger partial charge in [0.25, 0.3) is 0 Å². The maximum Gasteiger partial charge on any atom is 0.0207 e. The van der Waals surface area contributed by atoms with E-state index in [0.717, 1.165) is 11.3 Å². The topological polar surface area (TPSA) is 15.3 Å². The van der Waals surface area contributed by atoms with Gasteiger partial charge in [-0.1, -0.05) is 13.8 Å². The summed E-state index contributed by atoms with van der Waals surface area (Å²) in [5.74, 6) is 0.876. The lowest BCUT2D eigenvalue weighted by atomic mass is 9.74. The molecule has 0 unspecified atom stereocenters. The Morgan fingerprint density at radius 2 is 2.00 bits per heavy atom. The van der Waals surface area contributed by atoms with E-state index in [1.54, 1.807) is 0 Å². The van der Waals surface area contributed by atoms with E-state index in [1.165, 1.54) is 45.6 Å². The maximum absolute atomic E-state index is 3.37. The van der Waals surface area contributed by atoms with Gasteiger partial charge in [0, 0.05) is 31.6 Å². The van der Waals surface area contributed by atoms with Crippen molar-refractivity contribution in [3.05, 3.63) is 0 Å². The highest BCUT2D eigenvalue weighted by Gasteiger charge is 2.46. The van der Waals surface area contributed by atoms with Crippen molar-refractivity contribution in [2.24, 2.45) is 11.3 Å². The molecular weight excluding hydrogens is 160 g/mol. The Bertz CT molecular complexity index is 165. The van der Waals surface area contributed by atoms with Crippen LogP contribution in [0.25, 0.3) is 0 Å². The van der Waals surface area contributed by atoms with Crippen LogP contribution in [0.1, 0.15) is 26.7 Å². The molecule has 0 bridgehead atoms. The summed E-state index contributed by atoms with van der Waals surface area (Å²) in [7, 11) is 0. The monoisotopic (exact) mass is 182 g/mol. The molecule has 1 N–H and O–H groups in total. The molecule has 0 aromatic rings. The summed E-state index contributed by atoms with van der Waals surface area (Å²) in [5, 5.41) is 3.37. The van der Waals surface area contributed by atoms with E-state index >= 15 is 0 Å². The van der Waals surface area contributed by atoms with Gasteiger partial charge in [-0.2, -0.15) is 0 Å². The van der Waals surface area contributed by atoms with E-state index < -0.39 is 0 Å². The molecule has 2 fully saturated rings. The van der Waals surface area contributed by atoms with Gasteiger partial charge >= 0.3 is 0 Å². The Kier molecular flexibility index (Phi) is 2.61. The molecule has 2 rings (SSSR count). The van der Waals surface area contributed by atoms with Crippen molar-refractivity contribution >= 4 is 0 Å². The highest BCUT2D eigenvalue weighted by atomic mass is 15.3. The predicted molar refractivity (Wildman–Crippen MR) is 55.8 cm³/mol. The van der Waals surface area contributed by atoms with Crippen molar-refractivity contribution in [3.8, 4) is 0 Å². The van der Waals surface area contributed by atoms with Gasteiger partial charge in [0.2, 0.25) is 0 Å². The van der Waals surface area contributed by atoms with E-state index in [0.29, 0.717) is 0 Å². The van der Waals surface area contributed by atoms with Crippen LogP contribution in [0.3, 0.4) is 0 Å². The van der Waals surface area contributed by atoms with Gasteiger partial charge in [-0.25, -0.2) is 0 Å². The quantitative estimate of drug-likeness (QED) is 0.705. The molecule has 2 heteroatoms. The molecule has 13 heavy (non-hydrogen) atoms. The standard InChI is InChI=1S/C11H22N2/c1-10(2)4-3-5-13-8-11(9-13)6-12-7-11/h10,12H,3-9H2,1-2H3. The predicted octanol–water partition coefficient (Wildman–Crippen LogP) is 1.33. The number of nitrogens with zero attached hydrogens (tertiary/aromatic N) is 1. The minimum absolute atomic E-state index is 0.720. The largest absolute Gasteiger partial charge is 0.315 e. The second-order valence-corrected chi connectivity index (χ2v) is 5.35. The normalized spacial score (nSPS) is 26.1. The second kappa shape index (κ2) is 3.58. The van der Waals surface area contributed by atoms with Crippen LogP contribution in [-0.2, 0) is 0 Å². The van der Waals surface area contributed by atoms with Crippen molar-refractivity contribution in [2.75, 3.05) is 32.7 Å². The van der Waals surface area contributed by atoms with Gasteiger partial charge in [-0.3, -0.25) is 0 Å². The zero-order valence-corrected chi connectivity index (χ0v) is 8.97. The van der Waals surface area contributed by atoms with Gasteiger partial charge in [0.05, 0.1) is 0 Å². The van der Waals surface area contributed by atoms with Crippen molar-refractivity contribution in [1.29, 1.82) is 0 Å². The van der Waals surface area contributed by atoms with Crippen LogP contribution >= 0.6 is 0 Å². The Balaban J connectivity index is 1.54. The smallest absolute Gasteiger partial charge is 0.0207 e. The Morgan fingerprint density at radius 3 is 2.46 bits per heavy atom. The van der Waals surface area contributed by atoms with Crippen molar-refractivity contribution in [1.82, 2.24) is 10.2 Å². The third-order valence-electron chi connectivity index (χ3n) is 3.37. The highest BCUT2D eigenvalue weighted by molar-refractivity contribution is 5.03. The third-order valence-corrected chi connectivity index (χ3v) is 3.37. The van der Waals surface area contributed by atoms with Gasteiger partial charge < -0.3 is 10.2 Å². The molecule has 0 atom stereocenters. The average Bonchev–Trinajstić information content (AvgIpc) is 1.89. The lowest BCUT2D eigenvalue weighted by Crippen LogP contribution is -2.70. The minimum Gasteiger partial charge on any atom is -0.315 e. The fourth-order valence-electron chi connectivity index (χ4n) is 2.49. The SMILES string of the molecule is CC(C)CCCN1CC2(CNC2)C1. The van der Waals surface area contributed by atoms with Gasteiger partial charge in [-0.05, 0) is 25.3 Å². The molecule has 2 aliphatic rings. The zero-order chi connectivity index (χ0) is 9.31. The van der Waals surface area contributed by atoms with Crippen LogP contribution in [0.15, 0.2) is 0 Å².